The van der Waals surface area contributed by atoms with Gasteiger partial charge in [0, 0.05) is 30.3 Å². The molecule has 2 amide bonds. The van der Waals surface area contributed by atoms with E-state index < -0.39 is 5.41 Å². The highest BCUT2D eigenvalue weighted by molar-refractivity contribution is 7.22. The van der Waals surface area contributed by atoms with E-state index in [2.05, 4.69) is 21.7 Å². The molecule has 8 heteroatoms. The van der Waals surface area contributed by atoms with Gasteiger partial charge in [-0.2, -0.15) is 5.26 Å². The van der Waals surface area contributed by atoms with Crippen LogP contribution in [0.4, 0.5) is 10.8 Å². The molecule has 0 saturated carbocycles. The third kappa shape index (κ3) is 5.22. The fraction of sp³-hybridized carbons (Fsp3) is 0.154. The molecule has 7 nitrogen and oxygen atoms in total. The molecule has 0 spiro atoms. The van der Waals surface area contributed by atoms with Crippen molar-refractivity contribution in [2.45, 2.75) is 26.2 Å². The van der Waals surface area contributed by atoms with Crippen LogP contribution in [0, 0.1) is 11.3 Å². The molecular formula is C26H22N4O3S. The molecule has 34 heavy (non-hydrogen) atoms. The summed E-state index contributed by atoms with van der Waals surface area (Å²) in [5.74, 6) is 0.725. The van der Waals surface area contributed by atoms with E-state index in [-0.39, 0.29) is 11.8 Å². The monoisotopic (exact) mass is 470 g/mol. The molecule has 4 rings (SSSR count). The lowest BCUT2D eigenvalue weighted by molar-refractivity contribution is -0.114. The van der Waals surface area contributed by atoms with Crippen LogP contribution < -0.4 is 15.4 Å². The maximum absolute atomic E-state index is 12.8. The van der Waals surface area contributed by atoms with Crippen LogP contribution in [-0.2, 0) is 10.2 Å². The Kier molecular flexibility index (Phi) is 6.30. The molecule has 0 atom stereocenters. The number of thiazole rings is 1. The van der Waals surface area contributed by atoms with Crippen molar-refractivity contribution >= 4 is 44.2 Å². The second-order valence-corrected chi connectivity index (χ2v) is 9.26. The van der Waals surface area contributed by atoms with E-state index in [1.165, 1.54) is 18.3 Å². The van der Waals surface area contributed by atoms with Gasteiger partial charge in [-0.05, 0) is 55.8 Å². The van der Waals surface area contributed by atoms with Crippen molar-refractivity contribution in [1.82, 2.24) is 4.98 Å². The molecule has 0 radical (unpaired) electrons. The number of nitriles is 1. The molecule has 0 bridgehead atoms. The maximum atomic E-state index is 12.8. The fourth-order valence-corrected chi connectivity index (χ4v) is 4.20. The van der Waals surface area contributed by atoms with Gasteiger partial charge in [-0.15, -0.1) is 0 Å². The average Bonchev–Trinajstić information content (AvgIpc) is 3.20. The Hall–Kier alpha value is -4.22. The van der Waals surface area contributed by atoms with Crippen molar-refractivity contribution in [3.05, 3.63) is 77.9 Å². The molecule has 0 saturated heterocycles. The van der Waals surface area contributed by atoms with Gasteiger partial charge in [0.1, 0.15) is 11.5 Å². The first-order chi connectivity index (χ1) is 16.2. The first-order valence-corrected chi connectivity index (χ1v) is 11.3. The van der Waals surface area contributed by atoms with Gasteiger partial charge in [0.15, 0.2) is 5.13 Å². The van der Waals surface area contributed by atoms with Crippen molar-refractivity contribution < 1.29 is 14.3 Å². The van der Waals surface area contributed by atoms with Crippen LogP contribution >= 0.6 is 11.3 Å². The number of amides is 2. The third-order valence-corrected chi connectivity index (χ3v) is 6.03. The Bertz CT molecular complexity index is 1440. The second-order valence-electron chi connectivity index (χ2n) is 8.23. The SMILES string of the molecule is CC(=O)Nc1nc2ccc(Oc3cccc(NC(=O)c4cccc(C(C)(C)C#N)c4)c3)cc2s1. The summed E-state index contributed by atoms with van der Waals surface area (Å²) in [6.07, 6.45) is 0. The van der Waals surface area contributed by atoms with Gasteiger partial charge in [-0.1, -0.05) is 29.5 Å². The van der Waals surface area contributed by atoms with Crippen LogP contribution in [0.2, 0.25) is 0 Å². The van der Waals surface area contributed by atoms with Crippen LogP contribution in [-0.4, -0.2) is 16.8 Å². The first-order valence-electron chi connectivity index (χ1n) is 10.5. The lowest BCUT2D eigenvalue weighted by Gasteiger charge is -2.16. The molecular weight excluding hydrogens is 448 g/mol. The van der Waals surface area contributed by atoms with Crippen molar-refractivity contribution in [1.29, 1.82) is 5.26 Å². The number of nitrogens with one attached hydrogen (secondary N) is 2. The molecule has 1 aromatic heterocycles. The first kappa shape index (κ1) is 23.0. The van der Waals surface area contributed by atoms with Gasteiger partial charge >= 0.3 is 0 Å². The van der Waals surface area contributed by atoms with Crippen LogP contribution in [0.1, 0.15) is 36.7 Å². The minimum absolute atomic E-state index is 0.171. The zero-order valence-corrected chi connectivity index (χ0v) is 19.7. The number of carbonyl (C=O) groups excluding carboxylic acids is 2. The largest absolute Gasteiger partial charge is 0.457 e. The Morgan fingerprint density at radius 1 is 1.00 bits per heavy atom. The van der Waals surface area contributed by atoms with Crippen molar-refractivity contribution in [3.8, 4) is 17.6 Å². The predicted molar refractivity (Wildman–Crippen MR) is 133 cm³/mol. The van der Waals surface area contributed by atoms with Gasteiger partial charge in [0.25, 0.3) is 5.91 Å². The Labute approximate surface area is 201 Å². The van der Waals surface area contributed by atoms with Gasteiger partial charge in [-0.25, -0.2) is 4.98 Å². The van der Waals surface area contributed by atoms with E-state index in [1.54, 1.807) is 48.5 Å². The summed E-state index contributed by atoms with van der Waals surface area (Å²) in [4.78, 5) is 28.4. The molecule has 0 aliphatic rings. The highest BCUT2D eigenvalue weighted by atomic mass is 32.1. The number of aromatic nitrogens is 1. The minimum Gasteiger partial charge on any atom is -0.457 e. The van der Waals surface area contributed by atoms with Crippen LogP contribution in [0.3, 0.4) is 0 Å². The number of rotatable bonds is 6. The fourth-order valence-electron chi connectivity index (χ4n) is 3.26. The van der Waals surface area contributed by atoms with Crippen LogP contribution in [0.5, 0.6) is 11.5 Å². The summed E-state index contributed by atoms with van der Waals surface area (Å²) in [5, 5.41) is 15.5. The Morgan fingerprint density at radius 2 is 1.76 bits per heavy atom. The summed E-state index contributed by atoms with van der Waals surface area (Å²) in [6.45, 7) is 5.07. The molecule has 0 fully saturated rings. The number of ether oxygens (including phenoxy) is 1. The van der Waals surface area contributed by atoms with E-state index in [0.29, 0.717) is 27.9 Å². The molecule has 0 aliphatic carbocycles. The molecule has 0 aliphatic heterocycles. The zero-order chi connectivity index (χ0) is 24.3. The van der Waals surface area contributed by atoms with Crippen molar-refractivity contribution in [3.63, 3.8) is 0 Å². The van der Waals surface area contributed by atoms with E-state index in [0.717, 1.165) is 15.8 Å². The molecule has 2 N–H and O–H groups in total. The van der Waals surface area contributed by atoms with Gasteiger partial charge in [-0.3, -0.25) is 9.59 Å². The van der Waals surface area contributed by atoms with Crippen molar-refractivity contribution in [2.24, 2.45) is 0 Å². The molecule has 170 valence electrons. The molecule has 1 heterocycles. The highest BCUT2D eigenvalue weighted by Crippen LogP contribution is 2.32. The molecule has 4 aromatic rings. The summed E-state index contributed by atoms with van der Waals surface area (Å²) < 4.78 is 6.87. The topological polar surface area (TPSA) is 104 Å². The number of carbonyl (C=O) groups is 2. The number of fused-ring (bicyclic) bond motifs is 1. The van der Waals surface area contributed by atoms with Crippen molar-refractivity contribution in [2.75, 3.05) is 10.6 Å². The predicted octanol–water partition coefficient (Wildman–Crippen LogP) is 6.10. The Balaban J connectivity index is 1.49. The summed E-state index contributed by atoms with van der Waals surface area (Å²) in [7, 11) is 0. The summed E-state index contributed by atoms with van der Waals surface area (Å²) in [6, 6.07) is 21.9. The summed E-state index contributed by atoms with van der Waals surface area (Å²) >= 11 is 1.36. The lowest BCUT2D eigenvalue weighted by Crippen LogP contribution is -2.17. The van der Waals surface area contributed by atoms with Crippen LogP contribution in [0.15, 0.2) is 66.7 Å². The third-order valence-electron chi connectivity index (χ3n) is 5.10. The quantitative estimate of drug-likeness (QED) is 0.354. The van der Waals surface area contributed by atoms with Crippen LogP contribution in [0.25, 0.3) is 10.2 Å². The van der Waals surface area contributed by atoms with E-state index in [4.69, 9.17) is 4.74 Å². The van der Waals surface area contributed by atoms with Gasteiger partial charge < -0.3 is 15.4 Å². The number of nitrogens with zero attached hydrogens (tertiary/aromatic N) is 2. The second kappa shape index (κ2) is 9.33. The van der Waals surface area contributed by atoms with E-state index >= 15 is 0 Å². The minimum atomic E-state index is -0.688. The summed E-state index contributed by atoms with van der Waals surface area (Å²) in [5.41, 5.74) is 1.91. The number of benzene rings is 3. The average molecular weight is 471 g/mol. The van der Waals surface area contributed by atoms with Gasteiger partial charge in [0.2, 0.25) is 5.91 Å². The Morgan fingerprint density at radius 3 is 2.53 bits per heavy atom. The highest BCUT2D eigenvalue weighted by Gasteiger charge is 2.21. The van der Waals surface area contributed by atoms with Gasteiger partial charge in [0.05, 0.1) is 21.7 Å². The molecule has 0 unspecified atom stereocenters. The smallest absolute Gasteiger partial charge is 0.255 e. The zero-order valence-electron chi connectivity index (χ0n) is 18.9. The normalized spacial score (nSPS) is 11.0. The standard InChI is InChI=1S/C26H22N4O3S/c1-16(31)28-25-30-22-11-10-21(14-23(22)34-25)33-20-9-5-8-19(13-20)29-24(32)17-6-4-7-18(12-17)26(2,3)15-27/h4-14H,1-3H3,(H,29,32)(H,28,30,31). The number of anilines is 2. The maximum Gasteiger partial charge on any atom is 0.255 e. The molecule has 3 aromatic carbocycles. The number of hydrogen-bond donors (Lipinski definition) is 2. The number of hydrogen-bond acceptors (Lipinski definition) is 6. The van der Waals surface area contributed by atoms with E-state index in [1.807, 2.05) is 32.0 Å². The van der Waals surface area contributed by atoms with E-state index in [9.17, 15) is 14.9 Å². The lowest BCUT2D eigenvalue weighted by atomic mass is 9.85.